The van der Waals surface area contributed by atoms with Crippen molar-refractivity contribution < 1.29 is 14.3 Å². The molecule has 1 amide bonds. The topological polar surface area (TPSA) is 58.1 Å². The van der Waals surface area contributed by atoms with Gasteiger partial charge in [0.1, 0.15) is 5.60 Å². The van der Waals surface area contributed by atoms with Gasteiger partial charge in [-0.15, -0.1) is 0 Å². The number of hydrogen-bond acceptors (Lipinski definition) is 6. The molecule has 0 N–H and O–H groups in total. The molecule has 7 nitrogen and oxygen atoms in total. The Morgan fingerprint density at radius 2 is 1.74 bits per heavy atom. The number of rotatable bonds is 4. The van der Waals surface area contributed by atoms with Crippen LogP contribution in [0.5, 0.6) is 0 Å². The van der Waals surface area contributed by atoms with Gasteiger partial charge in [-0.2, -0.15) is 0 Å². The van der Waals surface area contributed by atoms with E-state index in [0.717, 1.165) is 55.2 Å². The summed E-state index contributed by atoms with van der Waals surface area (Å²) in [5.74, 6) is 1.51. The van der Waals surface area contributed by atoms with Gasteiger partial charge in [0.2, 0.25) is 0 Å². The maximum Gasteiger partial charge on any atom is 0.410 e. The van der Waals surface area contributed by atoms with Gasteiger partial charge in [-0.3, -0.25) is 0 Å². The first kappa shape index (κ1) is 24.1. The highest BCUT2D eigenvalue weighted by molar-refractivity contribution is 9.10. The van der Waals surface area contributed by atoms with E-state index >= 15 is 0 Å². The number of carbonyl (C=O) groups excluding carboxylic acids is 1. The molecule has 0 radical (unpaired) electrons. The zero-order chi connectivity index (χ0) is 22.8. The second-order valence-electron chi connectivity index (χ2n) is 10.5. The van der Waals surface area contributed by atoms with Crippen LogP contribution in [0.15, 0.2) is 16.7 Å². The molecule has 0 saturated carbocycles. The number of aromatic nitrogens is 1. The molecular weight excluding hydrogens is 460 g/mol. The van der Waals surface area contributed by atoms with Gasteiger partial charge in [0.05, 0.1) is 17.9 Å². The minimum absolute atomic E-state index is 0.107. The average Bonchev–Trinajstić information content (AvgIpc) is 3.14. The maximum atomic E-state index is 12.4. The van der Waals surface area contributed by atoms with Crippen LogP contribution in [0.3, 0.4) is 0 Å². The normalized spacial score (nSPS) is 20.4. The van der Waals surface area contributed by atoms with Crippen molar-refractivity contribution in [2.75, 3.05) is 55.7 Å². The zero-order valence-electron chi connectivity index (χ0n) is 19.8. The molecule has 0 unspecified atom stereocenters. The van der Waals surface area contributed by atoms with Crippen LogP contribution in [0.2, 0.25) is 0 Å². The summed E-state index contributed by atoms with van der Waals surface area (Å²) in [5.41, 5.74) is 0.569. The van der Waals surface area contributed by atoms with Crippen molar-refractivity contribution in [1.82, 2.24) is 9.88 Å². The molecule has 31 heavy (non-hydrogen) atoms. The fourth-order valence-corrected chi connectivity index (χ4v) is 4.20. The second kappa shape index (κ2) is 9.53. The molecule has 2 aliphatic rings. The van der Waals surface area contributed by atoms with Crippen LogP contribution in [-0.4, -0.2) is 73.1 Å². The molecule has 2 aliphatic heterocycles. The standard InChI is InChI=1S/C23H37BrN4O3/c1-22(2,3)30-16-17-7-8-28(15-17)19-13-18(24)14-25-20(19)26-9-11-27(12-10-26)21(29)31-23(4,5)6/h13-14,17H,7-12,15-16H2,1-6H3/t17-/m1/s1. The first-order valence-corrected chi connectivity index (χ1v) is 12.0. The van der Waals surface area contributed by atoms with Gasteiger partial charge in [-0.1, -0.05) is 0 Å². The third-order valence-corrected chi connectivity index (χ3v) is 5.86. The largest absolute Gasteiger partial charge is 0.444 e. The van der Waals surface area contributed by atoms with Gasteiger partial charge < -0.3 is 24.2 Å². The van der Waals surface area contributed by atoms with Gasteiger partial charge in [-0.25, -0.2) is 9.78 Å². The van der Waals surface area contributed by atoms with Crippen molar-refractivity contribution in [2.45, 2.75) is 59.2 Å². The maximum absolute atomic E-state index is 12.4. The molecule has 3 heterocycles. The van der Waals surface area contributed by atoms with Crippen molar-refractivity contribution in [3.63, 3.8) is 0 Å². The third kappa shape index (κ3) is 6.97. The fraction of sp³-hybridized carbons (Fsp3) is 0.739. The van der Waals surface area contributed by atoms with Crippen molar-refractivity contribution >= 4 is 33.5 Å². The predicted octanol–water partition coefficient (Wildman–Crippen LogP) is 4.54. The van der Waals surface area contributed by atoms with E-state index < -0.39 is 5.60 Å². The quantitative estimate of drug-likeness (QED) is 0.609. The summed E-state index contributed by atoms with van der Waals surface area (Å²) >= 11 is 3.59. The van der Waals surface area contributed by atoms with Crippen LogP contribution in [0.4, 0.5) is 16.3 Å². The minimum Gasteiger partial charge on any atom is -0.444 e. The molecule has 0 bridgehead atoms. The molecule has 1 atom stereocenters. The Morgan fingerprint density at radius 1 is 1.06 bits per heavy atom. The van der Waals surface area contributed by atoms with Crippen LogP contribution in [0.25, 0.3) is 0 Å². The van der Waals surface area contributed by atoms with Crippen LogP contribution in [0.1, 0.15) is 48.0 Å². The molecule has 2 fully saturated rings. The lowest BCUT2D eigenvalue weighted by molar-refractivity contribution is -0.0189. The molecule has 1 aromatic rings. The van der Waals surface area contributed by atoms with E-state index in [9.17, 15) is 4.79 Å². The lowest BCUT2D eigenvalue weighted by atomic mass is 10.1. The summed E-state index contributed by atoms with van der Waals surface area (Å²) in [4.78, 5) is 23.6. The van der Waals surface area contributed by atoms with Crippen LogP contribution in [-0.2, 0) is 9.47 Å². The minimum atomic E-state index is -0.475. The highest BCUT2D eigenvalue weighted by Gasteiger charge is 2.30. The highest BCUT2D eigenvalue weighted by atomic mass is 79.9. The number of hydrogen-bond donors (Lipinski definition) is 0. The molecule has 8 heteroatoms. The number of anilines is 2. The highest BCUT2D eigenvalue weighted by Crippen LogP contribution is 2.34. The van der Waals surface area contributed by atoms with Crippen molar-refractivity contribution in [2.24, 2.45) is 5.92 Å². The number of halogens is 1. The van der Waals surface area contributed by atoms with E-state index in [1.807, 2.05) is 27.0 Å². The first-order valence-electron chi connectivity index (χ1n) is 11.2. The Labute approximate surface area is 195 Å². The average molecular weight is 497 g/mol. The summed E-state index contributed by atoms with van der Waals surface area (Å²) in [6, 6.07) is 2.16. The second-order valence-corrected chi connectivity index (χ2v) is 11.4. The molecule has 0 aliphatic carbocycles. The van der Waals surface area contributed by atoms with Crippen LogP contribution >= 0.6 is 15.9 Å². The van der Waals surface area contributed by atoms with Crippen molar-refractivity contribution in [3.8, 4) is 0 Å². The predicted molar refractivity (Wildman–Crippen MR) is 128 cm³/mol. The summed E-state index contributed by atoms with van der Waals surface area (Å²) in [7, 11) is 0. The number of nitrogens with zero attached hydrogens (tertiary/aromatic N) is 4. The first-order chi connectivity index (χ1) is 14.4. The van der Waals surface area contributed by atoms with Crippen molar-refractivity contribution in [1.29, 1.82) is 0 Å². The smallest absolute Gasteiger partial charge is 0.410 e. The van der Waals surface area contributed by atoms with E-state index in [1.165, 1.54) is 0 Å². The van der Waals surface area contributed by atoms with Crippen LogP contribution in [0, 0.1) is 5.92 Å². The summed E-state index contributed by atoms with van der Waals surface area (Å²) in [6.45, 7) is 17.5. The van der Waals surface area contributed by atoms with Gasteiger partial charge in [0.15, 0.2) is 5.82 Å². The summed E-state index contributed by atoms with van der Waals surface area (Å²) < 4.78 is 12.5. The van der Waals surface area contributed by atoms with E-state index in [4.69, 9.17) is 14.5 Å². The molecular formula is C23H37BrN4O3. The monoisotopic (exact) mass is 496 g/mol. The van der Waals surface area contributed by atoms with E-state index in [1.54, 1.807) is 4.90 Å². The summed E-state index contributed by atoms with van der Waals surface area (Å²) in [5, 5.41) is 0. The van der Waals surface area contributed by atoms with Gasteiger partial charge in [0.25, 0.3) is 0 Å². The Bertz CT molecular complexity index is 767. The number of carbonyl (C=O) groups is 1. The lowest BCUT2D eigenvalue weighted by Crippen LogP contribution is -2.50. The Kier molecular flexibility index (Phi) is 7.41. The molecule has 0 spiro atoms. The van der Waals surface area contributed by atoms with Gasteiger partial charge in [0, 0.05) is 55.9 Å². The summed E-state index contributed by atoms with van der Waals surface area (Å²) in [6.07, 6.45) is 2.74. The molecule has 1 aromatic heterocycles. The SMILES string of the molecule is CC(C)(C)OC[C@@H]1CCN(c2cc(Br)cnc2N2CCN(C(=O)OC(C)(C)C)CC2)C1. The number of piperazine rings is 1. The van der Waals surface area contributed by atoms with Gasteiger partial charge in [-0.05, 0) is 70.0 Å². The van der Waals surface area contributed by atoms with E-state index in [0.29, 0.717) is 19.0 Å². The molecule has 0 aromatic carbocycles. The number of pyridine rings is 1. The Hall–Kier alpha value is -1.54. The van der Waals surface area contributed by atoms with E-state index in [2.05, 4.69) is 52.6 Å². The fourth-order valence-electron chi connectivity index (χ4n) is 3.88. The Morgan fingerprint density at radius 3 is 2.35 bits per heavy atom. The van der Waals surface area contributed by atoms with Crippen molar-refractivity contribution in [3.05, 3.63) is 16.7 Å². The van der Waals surface area contributed by atoms with E-state index in [-0.39, 0.29) is 11.7 Å². The van der Waals surface area contributed by atoms with Crippen LogP contribution < -0.4 is 9.80 Å². The van der Waals surface area contributed by atoms with Gasteiger partial charge >= 0.3 is 6.09 Å². The Balaban J connectivity index is 1.64. The molecule has 3 rings (SSSR count). The number of amides is 1. The number of ether oxygens (including phenoxy) is 2. The molecule has 2 saturated heterocycles. The third-order valence-electron chi connectivity index (χ3n) is 5.42. The molecule has 174 valence electrons. The lowest BCUT2D eigenvalue weighted by Gasteiger charge is -2.37. The zero-order valence-corrected chi connectivity index (χ0v) is 21.4.